The fourth-order valence-corrected chi connectivity index (χ4v) is 4.44. The fraction of sp³-hybridized carbons (Fsp3) is 0.522. The predicted octanol–water partition coefficient (Wildman–Crippen LogP) is 4.33. The second kappa shape index (κ2) is 8.98. The summed E-state index contributed by atoms with van der Waals surface area (Å²) in [6.45, 7) is 6.07. The zero-order valence-electron chi connectivity index (χ0n) is 17.7. The van der Waals surface area contributed by atoms with E-state index in [9.17, 15) is 9.18 Å². The highest BCUT2D eigenvalue weighted by molar-refractivity contribution is 5.79. The SMILES string of the molecule is Cc1ccc(F)c(Oc2cc(N3CCN(C(=O)C4CCCCC4)[C@H](C)C3)ncn2)c1. The molecule has 160 valence electrons. The summed E-state index contributed by atoms with van der Waals surface area (Å²) in [5.41, 5.74) is 0.910. The van der Waals surface area contributed by atoms with Crippen LogP contribution in [0.5, 0.6) is 11.6 Å². The minimum Gasteiger partial charge on any atom is -0.436 e. The highest BCUT2D eigenvalue weighted by Gasteiger charge is 2.32. The first-order valence-corrected chi connectivity index (χ1v) is 10.8. The molecule has 0 radical (unpaired) electrons. The van der Waals surface area contributed by atoms with E-state index in [4.69, 9.17) is 4.74 Å². The van der Waals surface area contributed by atoms with E-state index in [0.29, 0.717) is 31.4 Å². The minimum absolute atomic E-state index is 0.113. The largest absolute Gasteiger partial charge is 0.436 e. The van der Waals surface area contributed by atoms with Gasteiger partial charge in [0.15, 0.2) is 11.6 Å². The molecule has 2 heterocycles. The van der Waals surface area contributed by atoms with Crippen molar-refractivity contribution in [2.45, 2.75) is 52.0 Å². The van der Waals surface area contributed by atoms with Gasteiger partial charge in [0.2, 0.25) is 11.8 Å². The third kappa shape index (κ3) is 4.55. The monoisotopic (exact) mass is 412 g/mol. The van der Waals surface area contributed by atoms with Gasteiger partial charge in [0, 0.05) is 37.7 Å². The first-order chi connectivity index (χ1) is 14.5. The Hall–Kier alpha value is -2.70. The van der Waals surface area contributed by atoms with Gasteiger partial charge in [0.05, 0.1) is 0 Å². The van der Waals surface area contributed by atoms with E-state index in [1.165, 1.54) is 18.8 Å². The average Bonchev–Trinajstić information content (AvgIpc) is 2.76. The lowest BCUT2D eigenvalue weighted by Gasteiger charge is -2.42. The van der Waals surface area contributed by atoms with Crippen LogP contribution in [0.1, 0.15) is 44.6 Å². The number of hydrogen-bond acceptors (Lipinski definition) is 5. The van der Waals surface area contributed by atoms with Crippen LogP contribution in [0.25, 0.3) is 0 Å². The van der Waals surface area contributed by atoms with Crippen LogP contribution in [-0.4, -0.2) is 46.5 Å². The number of amides is 1. The maximum atomic E-state index is 14.0. The summed E-state index contributed by atoms with van der Waals surface area (Å²) in [6.07, 6.45) is 7.05. The summed E-state index contributed by atoms with van der Waals surface area (Å²) in [5.74, 6) is 1.25. The number of carbonyl (C=O) groups excluding carboxylic acids is 1. The molecule has 6 nitrogen and oxygen atoms in total. The molecule has 1 saturated carbocycles. The zero-order valence-corrected chi connectivity index (χ0v) is 17.7. The molecule has 2 aromatic rings. The van der Waals surface area contributed by atoms with Gasteiger partial charge in [-0.1, -0.05) is 25.3 Å². The molecule has 1 aliphatic heterocycles. The van der Waals surface area contributed by atoms with Crippen molar-refractivity contribution in [2.75, 3.05) is 24.5 Å². The highest BCUT2D eigenvalue weighted by atomic mass is 19.1. The molecule has 2 aliphatic rings. The molecule has 1 aliphatic carbocycles. The number of halogens is 1. The molecule has 1 aromatic carbocycles. The fourth-order valence-electron chi connectivity index (χ4n) is 4.44. The molecule has 1 aromatic heterocycles. The van der Waals surface area contributed by atoms with Crippen LogP contribution in [0.15, 0.2) is 30.6 Å². The maximum absolute atomic E-state index is 14.0. The molecule has 0 N–H and O–H groups in total. The molecular weight excluding hydrogens is 383 g/mol. The molecule has 7 heteroatoms. The number of hydrogen-bond donors (Lipinski definition) is 0. The van der Waals surface area contributed by atoms with Gasteiger partial charge in [0.1, 0.15) is 12.1 Å². The van der Waals surface area contributed by atoms with Crippen LogP contribution in [0.2, 0.25) is 0 Å². The summed E-state index contributed by atoms with van der Waals surface area (Å²) < 4.78 is 19.7. The van der Waals surface area contributed by atoms with E-state index >= 15 is 0 Å². The zero-order chi connectivity index (χ0) is 21.1. The number of nitrogens with zero attached hydrogens (tertiary/aromatic N) is 4. The molecule has 0 unspecified atom stereocenters. The van der Waals surface area contributed by atoms with Gasteiger partial charge in [-0.25, -0.2) is 14.4 Å². The smallest absolute Gasteiger partial charge is 0.226 e. The van der Waals surface area contributed by atoms with Crippen molar-refractivity contribution in [3.8, 4) is 11.6 Å². The second-order valence-electron chi connectivity index (χ2n) is 8.41. The molecule has 30 heavy (non-hydrogen) atoms. The average molecular weight is 413 g/mol. The third-order valence-corrected chi connectivity index (χ3v) is 6.12. The van der Waals surface area contributed by atoms with Crippen molar-refractivity contribution in [3.05, 3.63) is 42.0 Å². The van der Waals surface area contributed by atoms with Crippen molar-refractivity contribution in [1.82, 2.24) is 14.9 Å². The minimum atomic E-state index is -0.427. The molecular formula is C23H29FN4O2. The van der Waals surface area contributed by atoms with Crippen LogP contribution < -0.4 is 9.64 Å². The lowest BCUT2D eigenvalue weighted by molar-refractivity contribution is -0.139. The summed E-state index contributed by atoms with van der Waals surface area (Å²) in [6, 6.07) is 6.57. The first kappa shape index (κ1) is 20.6. The van der Waals surface area contributed by atoms with Gasteiger partial charge in [-0.05, 0) is 44.4 Å². The van der Waals surface area contributed by atoms with Crippen LogP contribution in [0.4, 0.5) is 10.2 Å². The summed E-state index contributed by atoms with van der Waals surface area (Å²) in [7, 11) is 0. The van der Waals surface area contributed by atoms with Crippen LogP contribution >= 0.6 is 0 Å². The normalized spacial score (nSPS) is 20.3. The molecule has 4 rings (SSSR count). The Labute approximate surface area is 177 Å². The van der Waals surface area contributed by atoms with Crippen molar-refractivity contribution < 1.29 is 13.9 Å². The Morgan fingerprint density at radius 3 is 2.70 bits per heavy atom. The summed E-state index contributed by atoms with van der Waals surface area (Å²) in [5, 5.41) is 0. The molecule has 1 atom stereocenters. The van der Waals surface area contributed by atoms with Crippen molar-refractivity contribution in [2.24, 2.45) is 5.92 Å². The van der Waals surface area contributed by atoms with E-state index in [2.05, 4.69) is 21.8 Å². The quantitative estimate of drug-likeness (QED) is 0.748. The Morgan fingerprint density at radius 2 is 1.93 bits per heavy atom. The van der Waals surface area contributed by atoms with Gasteiger partial charge < -0.3 is 14.5 Å². The maximum Gasteiger partial charge on any atom is 0.226 e. The third-order valence-electron chi connectivity index (χ3n) is 6.12. The molecule has 2 fully saturated rings. The van der Waals surface area contributed by atoms with E-state index < -0.39 is 5.82 Å². The molecule has 0 spiro atoms. The summed E-state index contributed by atoms with van der Waals surface area (Å²) in [4.78, 5) is 25.6. The van der Waals surface area contributed by atoms with Crippen LogP contribution in [-0.2, 0) is 4.79 Å². The van der Waals surface area contributed by atoms with Gasteiger partial charge >= 0.3 is 0 Å². The Morgan fingerprint density at radius 1 is 1.13 bits per heavy atom. The topological polar surface area (TPSA) is 58.6 Å². The Balaban J connectivity index is 1.42. The van der Waals surface area contributed by atoms with E-state index in [1.807, 2.05) is 11.8 Å². The highest BCUT2D eigenvalue weighted by Crippen LogP contribution is 2.29. The standard InChI is InChI=1S/C23H29FN4O2/c1-16-8-9-19(24)20(12-16)30-22-13-21(25-15-26-22)27-10-11-28(17(2)14-27)23(29)18-6-4-3-5-7-18/h8-9,12-13,15,17-18H,3-7,10-11,14H2,1-2H3/t17-/m1/s1. The van der Waals surface area contributed by atoms with Crippen molar-refractivity contribution in [3.63, 3.8) is 0 Å². The number of aryl methyl sites for hydroxylation is 1. The van der Waals surface area contributed by atoms with Gasteiger partial charge in [-0.2, -0.15) is 0 Å². The van der Waals surface area contributed by atoms with Crippen molar-refractivity contribution in [1.29, 1.82) is 0 Å². The lowest BCUT2D eigenvalue weighted by atomic mass is 9.88. The number of ether oxygens (including phenoxy) is 1. The molecule has 0 bridgehead atoms. The number of anilines is 1. The number of aromatic nitrogens is 2. The second-order valence-corrected chi connectivity index (χ2v) is 8.41. The number of piperazine rings is 1. The van der Waals surface area contributed by atoms with Crippen LogP contribution in [0.3, 0.4) is 0 Å². The van der Waals surface area contributed by atoms with E-state index in [0.717, 1.165) is 37.1 Å². The number of carbonyl (C=O) groups is 1. The Bertz CT molecular complexity index is 901. The molecule has 1 amide bonds. The lowest BCUT2D eigenvalue weighted by Crippen LogP contribution is -2.55. The molecule has 1 saturated heterocycles. The van der Waals surface area contributed by atoms with E-state index in [1.54, 1.807) is 18.2 Å². The van der Waals surface area contributed by atoms with Gasteiger partial charge in [-0.3, -0.25) is 4.79 Å². The Kier molecular flexibility index (Phi) is 6.16. The number of benzene rings is 1. The van der Waals surface area contributed by atoms with Gasteiger partial charge in [0.25, 0.3) is 0 Å². The first-order valence-electron chi connectivity index (χ1n) is 10.8. The van der Waals surface area contributed by atoms with Gasteiger partial charge in [-0.15, -0.1) is 0 Å². The van der Waals surface area contributed by atoms with E-state index in [-0.39, 0.29) is 17.7 Å². The predicted molar refractivity (Wildman–Crippen MR) is 113 cm³/mol. The van der Waals surface area contributed by atoms with Crippen LogP contribution in [0, 0.1) is 18.7 Å². The summed E-state index contributed by atoms with van der Waals surface area (Å²) >= 11 is 0. The van der Waals surface area contributed by atoms with Crippen molar-refractivity contribution >= 4 is 11.7 Å². The number of rotatable bonds is 4.